The number of phenolic OH excluding ortho intramolecular Hbond substituents is 1. The lowest BCUT2D eigenvalue weighted by molar-refractivity contribution is 0.0962. The highest BCUT2D eigenvalue weighted by Gasteiger charge is 2.25. The molecule has 2 N–H and O–H groups in total. The molecule has 0 fully saturated rings. The molecule has 2 aromatic rings. The van der Waals surface area contributed by atoms with E-state index in [2.05, 4.69) is 17.1 Å². The molecule has 100 valence electrons. The first-order valence-electron chi connectivity index (χ1n) is 6.49. The highest BCUT2D eigenvalue weighted by molar-refractivity contribution is 7.21. The van der Waals surface area contributed by atoms with Crippen molar-refractivity contribution < 1.29 is 9.90 Å². The predicted octanol–water partition coefficient (Wildman–Crippen LogP) is 2.57. The summed E-state index contributed by atoms with van der Waals surface area (Å²) >= 11 is 1.49. The lowest BCUT2D eigenvalue weighted by Gasteiger charge is -2.22. The molecule has 0 bridgehead atoms. The lowest BCUT2D eigenvalue weighted by Crippen LogP contribution is -2.30. The van der Waals surface area contributed by atoms with Gasteiger partial charge in [0.05, 0.1) is 5.69 Å². The zero-order valence-corrected chi connectivity index (χ0v) is 11.6. The number of aromatic hydroxyl groups is 1. The summed E-state index contributed by atoms with van der Waals surface area (Å²) in [5.41, 5.74) is 0.979. The number of anilines is 1. The van der Waals surface area contributed by atoms with E-state index in [1.807, 2.05) is 6.07 Å². The van der Waals surface area contributed by atoms with Crippen molar-refractivity contribution in [1.82, 2.24) is 5.32 Å². The zero-order chi connectivity index (χ0) is 13.4. The number of hydrogen-bond acceptors (Lipinski definition) is 4. The number of carbonyl (C=O) groups is 1. The van der Waals surface area contributed by atoms with Gasteiger partial charge in [0, 0.05) is 29.7 Å². The third-order valence-corrected chi connectivity index (χ3v) is 4.49. The Labute approximate surface area is 115 Å². The van der Waals surface area contributed by atoms with Crippen LogP contribution in [0.3, 0.4) is 0 Å². The van der Waals surface area contributed by atoms with Crippen LogP contribution in [0.4, 0.5) is 5.69 Å². The van der Waals surface area contributed by atoms with Crippen molar-refractivity contribution in [2.45, 2.75) is 13.3 Å². The van der Waals surface area contributed by atoms with Crippen molar-refractivity contribution in [3.63, 3.8) is 0 Å². The van der Waals surface area contributed by atoms with Crippen LogP contribution in [0.2, 0.25) is 0 Å². The number of thiophene rings is 1. The second kappa shape index (κ2) is 4.74. The average Bonchev–Trinajstić information content (AvgIpc) is 2.68. The van der Waals surface area contributed by atoms with Gasteiger partial charge in [0.2, 0.25) is 0 Å². The molecule has 5 heteroatoms. The van der Waals surface area contributed by atoms with Crippen LogP contribution in [0.15, 0.2) is 18.2 Å². The van der Waals surface area contributed by atoms with E-state index in [4.69, 9.17) is 0 Å². The maximum atomic E-state index is 12.1. The Hall–Kier alpha value is -1.75. The number of phenols is 1. The van der Waals surface area contributed by atoms with Gasteiger partial charge in [0.15, 0.2) is 0 Å². The third-order valence-electron chi connectivity index (χ3n) is 3.33. The SMILES string of the molecule is CCCN1CCNC(=O)c2sc3ccc(O)cc3c21. The molecule has 1 aromatic heterocycles. The molecule has 3 rings (SSSR count). The Morgan fingerprint density at radius 2 is 2.32 bits per heavy atom. The van der Waals surface area contributed by atoms with Crippen molar-refractivity contribution in [1.29, 1.82) is 0 Å². The van der Waals surface area contributed by atoms with Crippen LogP contribution in [0.1, 0.15) is 23.0 Å². The van der Waals surface area contributed by atoms with Crippen LogP contribution in [-0.2, 0) is 0 Å². The summed E-state index contributed by atoms with van der Waals surface area (Å²) in [6, 6.07) is 5.30. The Kier molecular flexibility index (Phi) is 3.06. The predicted molar refractivity (Wildman–Crippen MR) is 78.3 cm³/mol. The van der Waals surface area contributed by atoms with E-state index in [0.29, 0.717) is 6.54 Å². The number of benzene rings is 1. The molecule has 0 radical (unpaired) electrons. The molecule has 1 aliphatic rings. The molecule has 1 aliphatic heterocycles. The van der Waals surface area contributed by atoms with E-state index in [0.717, 1.165) is 40.2 Å². The second-order valence-corrected chi connectivity index (χ2v) is 5.76. The summed E-state index contributed by atoms with van der Waals surface area (Å²) in [6.45, 7) is 4.53. The van der Waals surface area contributed by atoms with E-state index < -0.39 is 0 Å². The van der Waals surface area contributed by atoms with Gasteiger partial charge in [-0.15, -0.1) is 11.3 Å². The smallest absolute Gasteiger partial charge is 0.263 e. The minimum absolute atomic E-state index is 0.00528. The van der Waals surface area contributed by atoms with E-state index >= 15 is 0 Å². The van der Waals surface area contributed by atoms with Gasteiger partial charge < -0.3 is 15.3 Å². The van der Waals surface area contributed by atoms with Crippen LogP contribution in [0.5, 0.6) is 5.75 Å². The maximum absolute atomic E-state index is 12.1. The summed E-state index contributed by atoms with van der Waals surface area (Å²) in [6.07, 6.45) is 1.03. The van der Waals surface area contributed by atoms with E-state index in [1.54, 1.807) is 12.1 Å². The standard InChI is InChI=1S/C14H16N2O2S/c1-2-6-16-7-5-15-14(18)13-12(16)10-8-9(17)3-4-11(10)19-13/h3-4,8,17H,2,5-7H2,1H3,(H,15,18). The Morgan fingerprint density at radius 3 is 3.11 bits per heavy atom. The van der Waals surface area contributed by atoms with Crippen LogP contribution in [0, 0.1) is 0 Å². The maximum Gasteiger partial charge on any atom is 0.263 e. The van der Waals surface area contributed by atoms with Crippen molar-refractivity contribution in [3.8, 4) is 5.75 Å². The lowest BCUT2D eigenvalue weighted by atomic mass is 10.2. The van der Waals surface area contributed by atoms with Crippen LogP contribution in [-0.4, -0.2) is 30.6 Å². The number of rotatable bonds is 2. The summed E-state index contributed by atoms with van der Waals surface area (Å²) in [5, 5.41) is 13.6. The molecule has 2 heterocycles. The summed E-state index contributed by atoms with van der Waals surface area (Å²) in [7, 11) is 0. The summed E-state index contributed by atoms with van der Waals surface area (Å²) in [5.74, 6) is 0.239. The molecule has 0 atom stereocenters. The fourth-order valence-electron chi connectivity index (χ4n) is 2.53. The Morgan fingerprint density at radius 1 is 1.47 bits per heavy atom. The van der Waals surface area contributed by atoms with E-state index in [-0.39, 0.29) is 11.7 Å². The third kappa shape index (κ3) is 2.04. The minimum Gasteiger partial charge on any atom is -0.508 e. The molecule has 1 amide bonds. The molecule has 1 aromatic carbocycles. The fourth-order valence-corrected chi connectivity index (χ4v) is 3.65. The van der Waals surface area contributed by atoms with Crippen molar-refractivity contribution in [2.24, 2.45) is 0 Å². The fraction of sp³-hybridized carbons (Fsp3) is 0.357. The van der Waals surface area contributed by atoms with E-state index in [1.165, 1.54) is 11.3 Å². The van der Waals surface area contributed by atoms with Gasteiger partial charge in [-0.05, 0) is 24.6 Å². The topological polar surface area (TPSA) is 52.6 Å². The Balaban J connectivity index is 2.24. The first-order chi connectivity index (χ1) is 9.20. The second-order valence-electron chi connectivity index (χ2n) is 4.70. The number of fused-ring (bicyclic) bond motifs is 3. The van der Waals surface area contributed by atoms with Crippen molar-refractivity contribution in [3.05, 3.63) is 23.1 Å². The van der Waals surface area contributed by atoms with Crippen LogP contribution >= 0.6 is 11.3 Å². The molecule has 0 aliphatic carbocycles. The first kappa shape index (κ1) is 12.3. The quantitative estimate of drug-likeness (QED) is 0.886. The minimum atomic E-state index is -0.00528. The summed E-state index contributed by atoms with van der Waals surface area (Å²) in [4.78, 5) is 15.1. The first-order valence-corrected chi connectivity index (χ1v) is 7.31. The van der Waals surface area contributed by atoms with E-state index in [9.17, 15) is 9.90 Å². The largest absolute Gasteiger partial charge is 0.508 e. The van der Waals surface area contributed by atoms with Gasteiger partial charge in [-0.2, -0.15) is 0 Å². The molecule has 0 saturated heterocycles. The molecule has 0 spiro atoms. The number of carbonyl (C=O) groups excluding carboxylic acids is 1. The van der Waals surface area contributed by atoms with Crippen LogP contribution < -0.4 is 10.2 Å². The zero-order valence-electron chi connectivity index (χ0n) is 10.8. The average molecular weight is 276 g/mol. The molecular weight excluding hydrogens is 260 g/mol. The number of amides is 1. The monoisotopic (exact) mass is 276 g/mol. The van der Waals surface area contributed by atoms with Crippen LogP contribution in [0.25, 0.3) is 10.1 Å². The van der Waals surface area contributed by atoms with Gasteiger partial charge in [-0.3, -0.25) is 4.79 Å². The van der Waals surface area contributed by atoms with Crippen molar-refractivity contribution in [2.75, 3.05) is 24.5 Å². The van der Waals surface area contributed by atoms with Gasteiger partial charge in [0.25, 0.3) is 5.91 Å². The van der Waals surface area contributed by atoms with Gasteiger partial charge in [0.1, 0.15) is 10.6 Å². The van der Waals surface area contributed by atoms with Crippen molar-refractivity contribution >= 4 is 33.0 Å². The van der Waals surface area contributed by atoms with Gasteiger partial charge >= 0.3 is 0 Å². The Bertz CT molecular complexity index is 636. The molecule has 0 saturated carbocycles. The number of nitrogens with one attached hydrogen (secondary N) is 1. The highest BCUT2D eigenvalue weighted by atomic mass is 32.1. The van der Waals surface area contributed by atoms with Gasteiger partial charge in [-0.1, -0.05) is 6.92 Å². The van der Waals surface area contributed by atoms with Gasteiger partial charge in [-0.25, -0.2) is 0 Å². The molecule has 4 nitrogen and oxygen atoms in total. The molecular formula is C14H16N2O2S. The summed E-state index contributed by atoms with van der Waals surface area (Å²) < 4.78 is 1.04. The number of nitrogens with zero attached hydrogens (tertiary/aromatic N) is 1. The normalized spacial score (nSPS) is 15.2. The number of hydrogen-bond donors (Lipinski definition) is 2. The molecule has 19 heavy (non-hydrogen) atoms. The molecule has 0 unspecified atom stereocenters. The highest BCUT2D eigenvalue weighted by Crippen LogP contribution is 2.40.